The van der Waals surface area contributed by atoms with Crippen LogP contribution in [0, 0.1) is 46.7 Å². The van der Waals surface area contributed by atoms with Gasteiger partial charge in [0.15, 0.2) is 0 Å². The summed E-state index contributed by atoms with van der Waals surface area (Å²) in [5.41, 5.74) is 0. The lowest BCUT2D eigenvalue weighted by Gasteiger charge is -2.34. The average Bonchev–Trinajstić information content (AvgIpc) is 2.52. The summed E-state index contributed by atoms with van der Waals surface area (Å²) in [5, 5.41) is 17.0. The van der Waals surface area contributed by atoms with Gasteiger partial charge in [0.05, 0.1) is 0 Å². The number of ether oxygens (including phenoxy) is 2. The Morgan fingerprint density at radius 1 is 0.714 bits per heavy atom. The molecule has 21 heavy (non-hydrogen) atoms. The molecule has 4 atom stereocenters. The molecule has 0 aromatic rings. The number of rotatable bonds is 6. The molecule has 2 aliphatic carbocycles. The van der Waals surface area contributed by atoms with Gasteiger partial charge in [0.2, 0.25) is 0 Å². The summed E-state index contributed by atoms with van der Waals surface area (Å²) in [5.74, 6) is 2.74. The molecule has 0 aliphatic heterocycles. The molecule has 0 heterocycles. The summed E-state index contributed by atoms with van der Waals surface area (Å²) < 4.78 is 9.86. The molecule has 0 aromatic carbocycles. The van der Waals surface area contributed by atoms with E-state index < -0.39 is 0 Å². The van der Waals surface area contributed by atoms with Gasteiger partial charge in [-0.3, -0.25) is 0 Å². The van der Waals surface area contributed by atoms with E-state index in [1.807, 2.05) is 0 Å². The van der Waals surface area contributed by atoms with Crippen molar-refractivity contribution in [1.82, 2.24) is 0 Å². The van der Waals surface area contributed by atoms with Gasteiger partial charge in [0, 0.05) is 0 Å². The van der Waals surface area contributed by atoms with Crippen molar-refractivity contribution in [3.63, 3.8) is 0 Å². The van der Waals surface area contributed by atoms with Crippen molar-refractivity contribution in [2.45, 2.75) is 57.8 Å². The predicted octanol–water partition coefficient (Wildman–Crippen LogP) is 3.98. The van der Waals surface area contributed by atoms with Gasteiger partial charge in [-0.15, -0.1) is 0 Å². The van der Waals surface area contributed by atoms with Crippen molar-refractivity contribution in [3.8, 4) is 12.5 Å². The highest BCUT2D eigenvalue weighted by Gasteiger charge is 2.28. The van der Waals surface area contributed by atoms with Gasteiger partial charge in [-0.25, -0.2) is 0 Å². The zero-order valence-electron chi connectivity index (χ0n) is 12.8. The van der Waals surface area contributed by atoms with Crippen LogP contribution in [-0.4, -0.2) is 13.2 Å². The van der Waals surface area contributed by atoms with Crippen LogP contribution in [0.25, 0.3) is 0 Å². The van der Waals surface area contributed by atoms with Gasteiger partial charge in [0.1, 0.15) is 13.2 Å². The topological polar surface area (TPSA) is 66.0 Å². The molecule has 116 valence electrons. The van der Waals surface area contributed by atoms with Gasteiger partial charge in [-0.1, -0.05) is 25.7 Å². The Bertz CT molecular complexity index is 349. The van der Waals surface area contributed by atoms with Gasteiger partial charge >= 0.3 is 0 Å². The Kier molecular flexibility index (Phi) is 6.67. The monoisotopic (exact) mass is 290 g/mol. The standard InChI is InChI=1S/C17H26N2O2/c18-12-20-10-16-5-1-3-14(8-16)7-15-4-2-6-17(9-15)11-21-13-19/h14-17H,1-11H2. The smallest absolute Gasteiger partial charge is 0.286 e. The molecule has 4 unspecified atom stereocenters. The molecule has 2 aliphatic rings. The highest BCUT2D eigenvalue weighted by molar-refractivity contribution is 4.80. The van der Waals surface area contributed by atoms with Crippen LogP contribution in [0.3, 0.4) is 0 Å². The lowest BCUT2D eigenvalue weighted by atomic mass is 9.72. The third-order valence-corrected chi connectivity index (χ3v) is 5.22. The van der Waals surface area contributed by atoms with E-state index in [9.17, 15) is 0 Å². The number of hydrogen-bond acceptors (Lipinski definition) is 4. The highest BCUT2D eigenvalue weighted by atomic mass is 16.5. The molecule has 4 heteroatoms. The van der Waals surface area contributed by atoms with E-state index in [1.165, 1.54) is 57.8 Å². The van der Waals surface area contributed by atoms with Crippen LogP contribution in [-0.2, 0) is 9.47 Å². The summed E-state index contributed by atoms with van der Waals surface area (Å²) >= 11 is 0. The van der Waals surface area contributed by atoms with E-state index >= 15 is 0 Å². The lowest BCUT2D eigenvalue weighted by molar-refractivity contribution is 0.115. The van der Waals surface area contributed by atoms with Gasteiger partial charge in [-0.05, 0) is 55.8 Å². The van der Waals surface area contributed by atoms with Crippen LogP contribution in [0.15, 0.2) is 0 Å². The van der Waals surface area contributed by atoms with Gasteiger partial charge < -0.3 is 9.47 Å². The van der Waals surface area contributed by atoms with E-state index in [4.69, 9.17) is 20.0 Å². The minimum Gasteiger partial charge on any atom is -0.427 e. The number of hydrogen-bond donors (Lipinski definition) is 0. The van der Waals surface area contributed by atoms with Crippen LogP contribution in [0.2, 0.25) is 0 Å². The van der Waals surface area contributed by atoms with Crippen molar-refractivity contribution in [2.24, 2.45) is 23.7 Å². The molecule has 2 saturated carbocycles. The Morgan fingerprint density at radius 3 is 1.57 bits per heavy atom. The zero-order valence-corrected chi connectivity index (χ0v) is 12.8. The second kappa shape index (κ2) is 8.78. The fourth-order valence-corrected chi connectivity index (χ4v) is 4.32. The molecule has 4 nitrogen and oxygen atoms in total. The van der Waals surface area contributed by atoms with Crippen LogP contribution in [0.4, 0.5) is 0 Å². The van der Waals surface area contributed by atoms with E-state index in [2.05, 4.69) is 0 Å². The maximum atomic E-state index is 8.52. The second-order valence-corrected chi connectivity index (χ2v) is 6.84. The normalized spacial score (nSPS) is 32.7. The molecular formula is C17H26N2O2. The molecule has 0 aromatic heterocycles. The van der Waals surface area contributed by atoms with E-state index in [-0.39, 0.29) is 0 Å². The summed E-state index contributed by atoms with van der Waals surface area (Å²) in [6.07, 6.45) is 15.0. The third-order valence-electron chi connectivity index (χ3n) is 5.22. The molecule has 0 saturated heterocycles. The molecule has 2 fully saturated rings. The van der Waals surface area contributed by atoms with Crippen molar-refractivity contribution < 1.29 is 9.47 Å². The summed E-state index contributed by atoms with van der Waals surface area (Å²) in [4.78, 5) is 0. The fourth-order valence-electron chi connectivity index (χ4n) is 4.32. The first-order valence-corrected chi connectivity index (χ1v) is 8.33. The van der Waals surface area contributed by atoms with Crippen LogP contribution in [0.1, 0.15) is 57.8 Å². The number of nitriles is 2. The second-order valence-electron chi connectivity index (χ2n) is 6.84. The van der Waals surface area contributed by atoms with Crippen molar-refractivity contribution in [3.05, 3.63) is 0 Å². The Labute approximate surface area is 128 Å². The third kappa shape index (κ3) is 5.46. The largest absolute Gasteiger partial charge is 0.427 e. The average molecular weight is 290 g/mol. The van der Waals surface area contributed by atoms with Gasteiger partial charge in [0.25, 0.3) is 12.5 Å². The maximum Gasteiger partial charge on any atom is 0.286 e. The van der Waals surface area contributed by atoms with Crippen molar-refractivity contribution in [1.29, 1.82) is 10.5 Å². The molecule has 0 N–H and O–H groups in total. The zero-order chi connectivity index (χ0) is 14.9. The molecule has 0 spiro atoms. The lowest BCUT2D eigenvalue weighted by Crippen LogP contribution is -2.25. The summed E-state index contributed by atoms with van der Waals surface area (Å²) in [6, 6.07) is 0. The summed E-state index contributed by atoms with van der Waals surface area (Å²) in [6.45, 7) is 1.21. The SMILES string of the molecule is N#COCC1CCCC(CC2CCCC(COC#N)C2)C1. The first-order valence-electron chi connectivity index (χ1n) is 8.33. The van der Waals surface area contributed by atoms with E-state index in [1.54, 1.807) is 12.5 Å². The van der Waals surface area contributed by atoms with E-state index in [0.29, 0.717) is 25.0 Å². The molecular weight excluding hydrogens is 264 g/mol. The minimum atomic E-state index is 0.574. The minimum absolute atomic E-state index is 0.574. The molecule has 0 bridgehead atoms. The fraction of sp³-hybridized carbons (Fsp3) is 0.882. The summed E-state index contributed by atoms with van der Waals surface area (Å²) in [7, 11) is 0. The van der Waals surface area contributed by atoms with Gasteiger partial charge in [-0.2, -0.15) is 10.5 Å². The first-order chi connectivity index (χ1) is 10.3. The van der Waals surface area contributed by atoms with Crippen LogP contribution in [0.5, 0.6) is 0 Å². The van der Waals surface area contributed by atoms with E-state index in [0.717, 1.165) is 11.8 Å². The molecule has 0 radical (unpaired) electrons. The predicted molar refractivity (Wildman–Crippen MR) is 78.6 cm³/mol. The quantitative estimate of drug-likeness (QED) is 0.694. The van der Waals surface area contributed by atoms with Crippen LogP contribution < -0.4 is 0 Å². The highest BCUT2D eigenvalue weighted by Crippen LogP contribution is 2.39. The van der Waals surface area contributed by atoms with Crippen molar-refractivity contribution >= 4 is 0 Å². The Balaban J connectivity index is 1.73. The molecule has 0 amide bonds. The van der Waals surface area contributed by atoms with Crippen LogP contribution >= 0.6 is 0 Å². The first kappa shape index (κ1) is 16.0. The Hall–Kier alpha value is -1.42. The number of nitrogens with zero attached hydrogens (tertiary/aromatic N) is 2. The molecule has 2 rings (SSSR count). The maximum absolute atomic E-state index is 8.52. The van der Waals surface area contributed by atoms with Crippen molar-refractivity contribution in [2.75, 3.05) is 13.2 Å². The Morgan fingerprint density at radius 2 is 1.14 bits per heavy atom.